The summed E-state index contributed by atoms with van der Waals surface area (Å²) in [5.74, 6) is 0.0760. The van der Waals surface area contributed by atoms with Crippen molar-refractivity contribution in [3.63, 3.8) is 0 Å². The Morgan fingerprint density at radius 2 is 2.06 bits per heavy atom. The number of benzene rings is 1. The molecule has 1 aliphatic heterocycles. The Morgan fingerprint density at radius 1 is 1.26 bits per heavy atom. The van der Waals surface area contributed by atoms with Crippen molar-refractivity contribution in [1.29, 1.82) is 0 Å². The predicted molar refractivity (Wildman–Crippen MR) is 118 cm³/mol. The highest BCUT2D eigenvalue weighted by Gasteiger charge is 2.34. The molecule has 1 aliphatic rings. The molecule has 0 amide bonds. The molecule has 3 aromatic rings. The van der Waals surface area contributed by atoms with E-state index in [4.69, 9.17) is 9.47 Å². The van der Waals surface area contributed by atoms with Gasteiger partial charge in [0.05, 0.1) is 29.5 Å². The molecule has 158 valence electrons. The first-order chi connectivity index (χ1) is 15.0. The highest BCUT2D eigenvalue weighted by atomic mass is 32.1. The van der Waals surface area contributed by atoms with Crippen LogP contribution in [0.15, 0.2) is 69.8 Å². The van der Waals surface area contributed by atoms with Gasteiger partial charge >= 0.3 is 5.97 Å². The number of aromatic nitrogens is 2. The Kier molecular flexibility index (Phi) is 5.81. The third-order valence-corrected chi connectivity index (χ3v) is 5.92. The zero-order valence-electron chi connectivity index (χ0n) is 17.4. The molecule has 3 heterocycles. The van der Waals surface area contributed by atoms with E-state index in [-0.39, 0.29) is 12.2 Å². The van der Waals surface area contributed by atoms with Crippen molar-refractivity contribution in [3.8, 4) is 5.75 Å². The van der Waals surface area contributed by atoms with Crippen LogP contribution in [0, 0.1) is 0 Å². The summed E-state index contributed by atoms with van der Waals surface area (Å²) in [5, 5.41) is 0. The van der Waals surface area contributed by atoms with Crippen LogP contribution < -0.4 is 19.6 Å². The van der Waals surface area contributed by atoms with Gasteiger partial charge in [-0.15, -0.1) is 0 Å². The maximum atomic E-state index is 13.5. The molecule has 0 unspecified atom stereocenters. The van der Waals surface area contributed by atoms with Crippen LogP contribution in [0.5, 0.6) is 5.75 Å². The summed E-state index contributed by atoms with van der Waals surface area (Å²) in [7, 11) is 1.56. The van der Waals surface area contributed by atoms with E-state index in [1.165, 1.54) is 11.3 Å². The summed E-state index contributed by atoms with van der Waals surface area (Å²) in [5.41, 5.74) is 2.10. The van der Waals surface area contributed by atoms with Crippen molar-refractivity contribution >= 4 is 23.4 Å². The number of methoxy groups -OCH3 is 1. The number of rotatable bonds is 5. The maximum absolute atomic E-state index is 13.5. The van der Waals surface area contributed by atoms with E-state index >= 15 is 0 Å². The third kappa shape index (κ3) is 3.82. The van der Waals surface area contributed by atoms with Gasteiger partial charge in [-0.05, 0) is 37.6 Å². The lowest BCUT2D eigenvalue weighted by Crippen LogP contribution is -2.40. The first-order valence-corrected chi connectivity index (χ1v) is 10.6. The number of hydrogen-bond acceptors (Lipinski definition) is 7. The van der Waals surface area contributed by atoms with Crippen molar-refractivity contribution < 1.29 is 14.3 Å². The molecule has 0 saturated heterocycles. The van der Waals surface area contributed by atoms with Crippen LogP contribution in [0.1, 0.15) is 31.0 Å². The number of fused-ring (bicyclic) bond motifs is 1. The number of allylic oxidation sites excluding steroid dienone is 1. The predicted octanol–water partition coefficient (Wildman–Crippen LogP) is 2.20. The number of pyridine rings is 1. The fourth-order valence-corrected chi connectivity index (χ4v) is 4.64. The fourth-order valence-electron chi connectivity index (χ4n) is 3.59. The van der Waals surface area contributed by atoms with Crippen molar-refractivity contribution in [2.75, 3.05) is 13.7 Å². The van der Waals surface area contributed by atoms with Crippen LogP contribution >= 0.6 is 11.3 Å². The standard InChI is InChI=1S/C23H21N3O4S/c1-4-30-22(28)19-14(2)25-23-26(20(19)16-9-5-6-10-17(16)29-3)21(27)18(31-23)12-15-8-7-11-24-13-15/h5-13,20H,4H2,1-3H3/b18-12+/t20-/m0/s1. The summed E-state index contributed by atoms with van der Waals surface area (Å²) < 4.78 is 12.9. The zero-order chi connectivity index (χ0) is 22.0. The van der Waals surface area contributed by atoms with Crippen LogP contribution in [0.3, 0.4) is 0 Å². The van der Waals surface area contributed by atoms with Gasteiger partial charge in [0.1, 0.15) is 11.8 Å². The monoisotopic (exact) mass is 435 g/mol. The van der Waals surface area contributed by atoms with Crippen molar-refractivity contribution in [1.82, 2.24) is 9.55 Å². The maximum Gasteiger partial charge on any atom is 0.338 e. The molecule has 1 atom stereocenters. The summed E-state index contributed by atoms with van der Waals surface area (Å²) in [4.78, 5) is 35.6. The van der Waals surface area contributed by atoms with E-state index < -0.39 is 12.0 Å². The number of carbonyl (C=O) groups excluding carboxylic acids is 1. The van der Waals surface area contributed by atoms with Gasteiger partial charge < -0.3 is 9.47 Å². The molecule has 2 aromatic heterocycles. The lowest BCUT2D eigenvalue weighted by Gasteiger charge is -2.25. The fraction of sp³-hybridized carbons (Fsp3) is 0.217. The second kappa shape index (κ2) is 8.69. The Hall–Kier alpha value is -3.52. The zero-order valence-corrected chi connectivity index (χ0v) is 18.2. The van der Waals surface area contributed by atoms with Crippen LogP contribution in [-0.4, -0.2) is 29.2 Å². The van der Waals surface area contributed by atoms with Gasteiger partial charge in [0, 0.05) is 18.0 Å². The molecule has 1 aromatic carbocycles. The number of nitrogens with zero attached hydrogens (tertiary/aromatic N) is 3. The van der Waals surface area contributed by atoms with Gasteiger partial charge in [-0.1, -0.05) is 35.6 Å². The van der Waals surface area contributed by atoms with Gasteiger partial charge in [0.2, 0.25) is 0 Å². The molecule has 0 fully saturated rings. The van der Waals surface area contributed by atoms with Crippen molar-refractivity contribution in [2.45, 2.75) is 19.9 Å². The molecule has 8 heteroatoms. The molecule has 0 spiro atoms. The molecule has 0 aliphatic carbocycles. The SMILES string of the molecule is CCOC(=O)C1=C(C)N=c2s/c(=C/c3cccnc3)c(=O)n2[C@H]1c1ccccc1OC. The Bertz CT molecular complexity index is 1340. The summed E-state index contributed by atoms with van der Waals surface area (Å²) >= 11 is 1.27. The lowest BCUT2D eigenvalue weighted by molar-refractivity contribution is -0.139. The van der Waals surface area contributed by atoms with E-state index in [0.717, 1.165) is 5.56 Å². The van der Waals surface area contributed by atoms with Gasteiger partial charge in [-0.3, -0.25) is 14.3 Å². The van der Waals surface area contributed by atoms with Gasteiger partial charge in [0.15, 0.2) is 4.80 Å². The topological polar surface area (TPSA) is 82.8 Å². The molecule has 0 radical (unpaired) electrons. The largest absolute Gasteiger partial charge is 0.496 e. The molecular formula is C23H21N3O4S. The normalized spacial score (nSPS) is 16.0. The molecule has 0 bridgehead atoms. The second-order valence-corrected chi connectivity index (χ2v) is 7.84. The highest BCUT2D eigenvalue weighted by molar-refractivity contribution is 7.07. The van der Waals surface area contributed by atoms with Crippen molar-refractivity contribution in [2.24, 2.45) is 4.99 Å². The average Bonchev–Trinajstić information content (AvgIpc) is 3.08. The number of ether oxygens (including phenoxy) is 2. The van der Waals surface area contributed by atoms with E-state index in [0.29, 0.717) is 31.9 Å². The Morgan fingerprint density at radius 3 is 2.77 bits per heavy atom. The van der Waals surface area contributed by atoms with E-state index in [1.807, 2.05) is 30.3 Å². The van der Waals surface area contributed by atoms with Gasteiger partial charge in [-0.2, -0.15) is 0 Å². The van der Waals surface area contributed by atoms with E-state index in [2.05, 4.69) is 9.98 Å². The summed E-state index contributed by atoms with van der Waals surface area (Å²) in [6.45, 7) is 3.72. The van der Waals surface area contributed by atoms with Gasteiger partial charge in [0.25, 0.3) is 5.56 Å². The molecule has 0 N–H and O–H groups in total. The minimum absolute atomic E-state index is 0.222. The third-order valence-electron chi connectivity index (χ3n) is 4.93. The Balaban J connectivity index is 2.00. The quantitative estimate of drug-likeness (QED) is 0.574. The number of carbonyl (C=O) groups is 1. The summed E-state index contributed by atoms with van der Waals surface area (Å²) in [6.07, 6.45) is 5.14. The molecular weight excluding hydrogens is 414 g/mol. The molecule has 31 heavy (non-hydrogen) atoms. The minimum Gasteiger partial charge on any atom is -0.496 e. The summed E-state index contributed by atoms with van der Waals surface area (Å²) in [6, 6.07) is 10.3. The number of hydrogen-bond donors (Lipinski definition) is 0. The molecule has 7 nitrogen and oxygen atoms in total. The highest BCUT2D eigenvalue weighted by Crippen LogP contribution is 2.35. The van der Waals surface area contributed by atoms with Gasteiger partial charge in [-0.25, -0.2) is 9.79 Å². The van der Waals surface area contributed by atoms with Crippen molar-refractivity contribution in [3.05, 3.63) is 90.9 Å². The van der Waals surface area contributed by atoms with E-state index in [9.17, 15) is 9.59 Å². The molecule has 4 rings (SSSR count). The minimum atomic E-state index is -0.706. The number of thiazole rings is 1. The first kappa shape index (κ1) is 20.7. The smallest absolute Gasteiger partial charge is 0.338 e. The van der Waals surface area contributed by atoms with Crippen LogP contribution in [-0.2, 0) is 9.53 Å². The Labute approximate surface area is 182 Å². The van der Waals surface area contributed by atoms with Crippen LogP contribution in [0.4, 0.5) is 0 Å². The first-order valence-electron chi connectivity index (χ1n) is 9.77. The molecule has 0 saturated carbocycles. The lowest BCUT2D eigenvalue weighted by atomic mass is 9.95. The van der Waals surface area contributed by atoms with Crippen LogP contribution in [0.25, 0.3) is 6.08 Å². The second-order valence-electron chi connectivity index (χ2n) is 6.83. The van der Waals surface area contributed by atoms with E-state index in [1.54, 1.807) is 50.1 Å². The number of para-hydroxylation sites is 1. The number of esters is 1. The average molecular weight is 436 g/mol. The van der Waals surface area contributed by atoms with Crippen LogP contribution in [0.2, 0.25) is 0 Å².